The van der Waals surface area contributed by atoms with E-state index in [4.69, 9.17) is 4.52 Å². The first-order chi connectivity index (χ1) is 14.6. The molecule has 1 fully saturated rings. The van der Waals surface area contributed by atoms with Gasteiger partial charge in [-0.1, -0.05) is 31.1 Å². The highest BCUT2D eigenvalue weighted by molar-refractivity contribution is 14.0. The molecule has 2 N–H and O–H groups in total. The van der Waals surface area contributed by atoms with Crippen LogP contribution in [0.1, 0.15) is 63.2 Å². The maximum Gasteiger partial charge on any atom is 0.227 e. The Kier molecular flexibility index (Phi) is 10.2. The van der Waals surface area contributed by atoms with Crippen LogP contribution in [0.2, 0.25) is 0 Å². The SMILES string of the molecule is CCNC(=NCc1ccc(N2CCCC2=O)cc1)NCCCc1nc(C(C)C)no1.I. The van der Waals surface area contributed by atoms with Gasteiger partial charge in [0.15, 0.2) is 11.8 Å². The second-order valence-corrected chi connectivity index (χ2v) is 7.74. The van der Waals surface area contributed by atoms with Crippen molar-refractivity contribution in [1.82, 2.24) is 20.8 Å². The summed E-state index contributed by atoms with van der Waals surface area (Å²) in [6, 6.07) is 8.08. The molecule has 2 aromatic rings. The number of aryl methyl sites for hydroxylation is 1. The maximum absolute atomic E-state index is 11.9. The van der Waals surface area contributed by atoms with Crippen molar-refractivity contribution in [3.63, 3.8) is 0 Å². The van der Waals surface area contributed by atoms with Gasteiger partial charge in [0.25, 0.3) is 0 Å². The predicted molar refractivity (Wildman–Crippen MR) is 133 cm³/mol. The number of aliphatic imine (C=N–C) groups is 1. The minimum absolute atomic E-state index is 0. The topological polar surface area (TPSA) is 95.7 Å². The Morgan fingerprint density at radius 1 is 1.26 bits per heavy atom. The molecular formula is C22H33IN6O2. The molecule has 1 aromatic carbocycles. The summed E-state index contributed by atoms with van der Waals surface area (Å²) in [5.74, 6) is 2.70. The Balaban J connectivity index is 0.00000341. The minimum atomic E-state index is 0. The van der Waals surface area contributed by atoms with E-state index in [1.807, 2.05) is 36.1 Å². The molecule has 170 valence electrons. The predicted octanol–water partition coefficient (Wildman–Crippen LogP) is 3.63. The molecule has 0 bridgehead atoms. The number of hydrogen-bond donors (Lipinski definition) is 2. The molecule has 31 heavy (non-hydrogen) atoms. The van der Waals surface area contributed by atoms with Crippen LogP contribution in [0.3, 0.4) is 0 Å². The van der Waals surface area contributed by atoms with Crippen molar-refractivity contribution < 1.29 is 9.32 Å². The molecule has 0 aliphatic carbocycles. The molecule has 1 aliphatic heterocycles. The summed E-state index contributed by atoms with van der Waals surface area (Å²) in [5.41, 5.74) is 2.08. The summed E-state index contributed by atoms with van der Waals surface area (Å²) in [6.45, 7) is 9.09. The van der Waals surface area contributed by atoms with E-state index in [9.17, 15) is 4.79 Å². The number of anilines is 1. The van der Waals surface area contributed by atoms with E-state index in [0.29, 0.717) is 18.9 Å². The van der Waals surface area contributed by atoms with Crippen molar-refractivity contribution in [2.24, 2.45) is 4.99 Å². The third-order valence-electron chi connectivity index (χ3n) is 4.95. The highest BCUT2D eigenvalue weighted by atomic mass is 127. The molecule has 8 nitrogen and oxygen atoms in total. The third kappa shape index (κ3) is 7.48. The zero-order valence-corrected chi connectivity index (χ0v) is 20.9. The van der Waals surface area contributed by atoms with E-state index in [1.165, 1.54) is 0 Å². The average molecular weight is 540 g/mol. The van der Waals surface area contributed by atoms with Crippen LogP contribution in [0.4, 0.5) is 5.69 Å². The lowest BCUT2D eigenvalue weighted by Gasteiger charge is -2.15. The second-order valence-electron chi connectivity index (χ2n) is 7.74. The summed E-state index contributed by atoms with van der Waals surface area (Å²) >= 11 is 0. The van der Waals surface area contributed by atoms with Gasteiger partial charge in [0.1, 0.15) is 0 Å². The molecular weight excluding hydrogens is 507 g/mol. The summed E-state index contributed by atoms with van der Waals surface area (Å²) in [5, 5.41) is 10.6. The number of halogens is 1. The molecule has 3 rings (SSSR count). The Morgan fingerprint density at radius 2 is 2.03 bits per heavy atom. The van der Waals surface area contributed by atoms with Crippen LogP contribution in [-0.2, 0) is 17.8 Å². The number of aromatic nitrogens is 2. The normalized spacial score (nSPS) is 14.1. The Hall–Kier alpha value is -2.17. The van der Waals surface area contributed by atoms with E-state index >= 15 is 0 Å². The Labute approximate surface area is 201 Å². The van der Waals surface area contributed by atoms with Gasteiger partial charge in [-0.3, -0.25) is 4.79 Å². The summed E-state index contributed by atoms with van der Waals surface area (Å²) in [4.78, 5) is 22.8. The van der Waals surface area contributed by atoms with Gasteiger partial charge < -0.3 is 20.1 Å². The fourth-order valence-electron chi connectivity index (χ4n) is 3.27. The standard InChI is InChI=1S/C22H32N6O2.HI/c1-4-23-22(24-13-5-7-19-26-21(16(2)3)27-30-19)25-15-17-9-11-18(12-10-17)28-14-6-8-20(28)29;/h9-12,16H,4-8,13-15H2,1-3H3,(H2,23,24,25);1H. The first-order valence-corrected chi connectivity index (χ1v) is 10.8. The first kappa shape index (κ1) is 25.1. The van der Waals surface area contributed by atoms with Crippen LogP contribution in [-0.4, -0.2) is 41.6 Å². The number of nitrogens with one attached hydrogen (secondary N) is 2. The molecule has 1 saturated heterocycles. The van der Waals surface area contributed by atoms with Crippen LogP contribution >= 0.6 is 24.0 Å². The highest BCUT2D eigenvalue weighted by Crippen LogP contribution is 2.21. The zero-order valence-electron chi connectivity index (χ0n) is 18.6. The lowest BCUT2D eigenvalue weighted by Crippen LogP contribution is -2.37. The van der Waals surface area contributed by atoms with Gasteiger partial charge in [0, 0.05) is 44.1 Å². The van der Waals surface area contributed by atoms with E-state index < -0.39 is 0 Å². The van der Waals surface area contributed by atoms with E-state index in [2.05, 4.69) is 39.6 Å². The molecule has 9 heteroatoms. The number of carbonyl (C=O) groups is 1. The van der Waals surface area contributed by atoms with Crippen LogP contribution < -0.4 is 15.5 Å². The minimum Gasteiger partial charge on any atom is -0.357 e. The number of nitrogens with zero attached hydrogens (tertiary/aromatic N) is 4. The largest absolute Gasteiger partial charge is 0.357 e. The molecule has 0 spiro atoms. The molecule has 0 saturated carbocycles. The van der Waals surface area contributed by atoms with Gasteiger partial charge in [-0.05, 0) is 37.5 Å². The number of hydrogen-bond acceptors (Lipinski definition) is 5. The third-order valence-corrected chi connectivity index (χ3v) is 4.95. The van der Waals surface area contributed by atoms with Crippen LogP contribution in [0, 0.1) is 0 Å². The molecule has 1 aromatic heterocycles. The van der Waals surface area contributed by atoms with Gasteiger partial charge >= 0.3 is 0 Å². The van der Waals surface area contributed by atoms with Gasteiger partial charge in [-0.2, -0.15) is 4.98 Å². The maximum atomic E-state index is 11.9. The molecule has 0 atom stereocenters. The van der Waals surface area contributed by atoms with Crippen molar-refractivity contribution >= 4 is 41.5 Å². The monoisotopic (exact) mass is 540 g/mol. The summed E-state index contributed by atoms with van der Waals surface area (Å²) in [6.07, 6.45) is 3.20. The number of benzene rings is 1. The van der Waals surface area contributed by atoms with E-state index in [-0.39, 0.29) is 35.8 Å². The number of carbonyl (C=O) groups excluding carboxylic acids is 1. The number of guanidine groups is 1. The fourth-order valence-corrected chi connectivity index (χ4v) is 3.27. The molecule has 2 heterocycles. The van der Waals surface area contributed by atoms with Crippen molar-refractivity contribution in [1.29, 1.82) is 0 Å². The fraction of sp³-hybridized carbons (Fsp3) is 0.545. The quantitative estimate of drug-likeness (QED) is 0.218. The molecule has 1 aliphatic rings. The Morgan fingerprint density at radius 3 is 2.65 bits per heavy atom. The number of rotatable bonds is 9. The van der Waals surface area contributed by atoms with Crippen LogP contribution in [0.25, 0.3) is 0 Å². The molecule has 0 radical (unpaired) electrons. The van der Waals surface area contributed by atoms with Crippen molar-refractivity contribution in [3.05, 3.63) is 41.5 Å². The van der Waals surface area contributed by atoms with Crippen LogP contribution in [0.5, 0.6) is 0 Å². The van der Waals surface area contributed by atoms with Crippen molar-refractivity contribution in [3.8, 4) is 0 Å². The van der Waals surface area contributed by atoms with Gasteiger partial charge in [0.05, 0.1) is 6.54 Å². The average Bonchev–Trinajstić information content (AvgIpc) is 3.39. The van der Waals surface area contributed by atoms with Crippen molar-refractivity contribution in [2.75, 3.05) is 24.5 Å². The smallest absolute Gasteiger partial charge is 0.227 e. The molecule has 0 unspecified atom stereocenters. The summed E-state index contributed by atoms with van der Waals surface area (Å²) in [7, 11) is 0. The van der Waals surface area contributed by atoms with Gasteiger partial charge in [0.2, 0.25) is 11.8 Å². The lowest BCUT2D eigenvalue weighted by atomic mass is 10.2. The molecule has 1 amide bonds. The second kappa shape index (κ2) is 12.6. The lowest BCUT2D eigenvalue weighted by molar-refractivity contribution is -0.117. The zero-order chi connectivity index (χ0) is 21.3. The van der Waals surface area contributed by atoms with Gasteiger partial charge in [-0.25, -0.2) is 4.99 Å². The first-order valence-electron chi connectivity index (χ1n) is 10.8. The van der Waals surface area contributed by atoms with E-state index in [1.54, 1.807) is 0 Å². The Bertz CT molecular complexity index is 850. The van der Waals surface area contributed by atoms with Crippen molar-refractivity contribution in [2.45, 2.75) is 58.9 Å². The van der Waals surface area contributed by atoms with Crippen LogP contribution in [0.15, 0.2) is 33.8 Å². The number of amides is 1. The van der Waals surface area contributed by atoms with E-state index in [0.717, 1.165) is 61.9 Å². The van der Waals surface area contributed by atoms with Gasteiger partial charge in [-0.15, -0.1) is 24.0 Å². The highest BCUT2D eigenvalue weighted by Gasteiger charge is 2.21. The summed E-state index contributed by atoms with van der Waals surface area (Å²) < 4.78 is 5.28.